The molecular formula is C12H7F2NO2. The lowest BCUT2D eigenvalue weighted by atomic mass is 10.1. The third-order valence-electron chi connectivity index (χ3n) is 2.22. The highest BCUT2D eigenvalue weighted by atomic mass is 19.1. The number of halogens is 2. The maximum atomic E-state index is 13.4. The number of hydrogen-bond donors (Lipinski definition) is 1. The molecule has 0 bridgehead atoms. The monoisotopic (exact) mass is 235 g/mol. The van der Waals surface area contributed by atoms with Crippen molar-refractivity contribution in [3.05, 3.63) is 53.9 Å². The predicted molar refractivity (Wildman–Crippen MR) is 56.5 cm³/mol. The van der Waals surface area contributed by atoms with Crippen LogP contribution in [0.3, 0.4) is 0 Å². The second-order valence-corrected chi connectivity index (χ2v) is 3.38. The Morgan fingerprint density at radius 1 is 1.24 bits per heavy atom. The largest absolute Gasteiger partial charge is 0.478 e. The fourth-order valence-electron chi connectivity index (χ4n) is 1.42. The van der Waals surface area contributed by atoms with Crippen molar-refractivity contribution in [1.82, 2.24) is 4.98 Å². The average molecular weight is 235 g/mol. The Hall–Kier alpha value is -2.30. The Labute approximate surface area is 95.4 Å². The fourth-order valence-corrected chi connectivity index (χ4v) is 1.42. The van der Waals surface area contributed by atoms with Crippen LogP contribution in [0.4, 0.5) is 8.78 Å². The van der Waals surface area contributed by atoms with Crippen LogP contribution >= 0.6 is 0 Å². The van der Waals surface area contributed by atoms with E-state index < -0.39 is 17.7 Å². The van der Waals surface area contributed by atoms with Gasteiger partial charge >= 0.3 is 5.97 Å². The van der Waals surface area contributed by atoms with E-state index >= 15 is 0 Å². The molecule has 0 spiro atoms. The van der Waals surface area contributed by atoms with E-state index in [1.54, 1.807) is 0 Å². The van der Waals surface area contributed by atoms with E-state index in [2.05, 4.69) is 4.98 Å². The summed E-state index contributed by atoms with van der Waals surface area (Å²) in [4.78, 5) is 14.1. The smallest absolute Gasteiger partial charge is 0.337 e. The van der Waals surface area contributed by atoms with Crippen LogP contribution in [0.25, 0.3) is 11.1 Å². The molecule has 17 heavy (non-hydrogen) atoms. The van der Waals surface area contributed by atoms with E-state index in [1.165, 1.54) is 18.2 Å². The van der Waals surface area contributed by atoms with E-state index in [1.807, 2.05) is 0 Å². The van der Waals surface area contributed by atoms with Gasteiger partial charge in [0.2, 0.25) is 5.95 Å². The molecule has 0 aliphatic rings. The van der Waals surface area contributed by atoms with Gasteiger partial charge < -0.3 is 5.11 Å². The number of aromatic nitrogens is 1. The molecular weight excluding hydrogens is 228 g/mol. The van der Waals surface area contributed by atoms with Gasteiger partial charge in [0.05, 0.1) is 5.56 Å². The molecule has 0 amide bonds. The van der Waals surface area contributed by atoms with Crippen LogP contribution in [-0.4, -0.2) is 16.1 Å². The number of carboxylic acid groups (broad SMARTS) is 1. The van der Waals surface area contributed by atoms with Crippen LogP contribution < -0.4 is 0 Å². The number of nitrogens with zero attached hydrogens (tertiary/aromatic N) is 1. The molecule has 0 fully saturated rings. The highest BCUT2D eigenvalue weighted by Gasteiger charge is 2.11. The second kappa shape index (κ2) is 4.29. The maximum Gasteiger partial charge on any atom is 0.337 e. The minimum atomic E-state index is -1.21. The van der Waals surface area contributed by atoms with Crippen LogP contribution in [-0.2, 0) is 0 Å². The summed E-state index contributed by atoms with van der Waals surface area (Å²) in [7, 11) is 0. The SMILES string of the molecule is O=C(O)c1cnc(F)c(-c2cccc(F)c2)c1. The number of carboxylic acids is 1. The maximum absolute atomic E-state index is 13.4. The van der Waals surface area contributed by atoms with Gasteiger partial charge in [0.25, 0.3) is 0 Å². The Morgan fingerprint density at radius 3 is 2.65 bits per heavy atom. The normalized spacial score (nSPS) is 10.2. The van der Waals surface area contributed by atoms with Gasteiger partial charge in [-0.3, -0.25) is 0 Å². The topological polar surface area (TPSA) is 50.2 Å². The summed E-state index contributed by atoms with van der Waals surface area (Å²) in [6.45, 7) is 0. The first-order valence-corrected chi connectivity index (χ1v) is 4.72. The van der Waals surface area contributed by atoms with Gasteiger partial charge in [-0.1, -0.05) is 12.1 Å². The third kappa shape index (κ3) is 2.28. The number of carbonyl (C=O) groups is 1. The van der Waals surface area contributed by atoms with Gasteiger partial charge in [-0.05, 0) is 23.8 Å². The first-order chi connectivity index (χ1) is 8.08. The molecule has 0 atom stereocenters. The Balaban J connectivity index is 2.58. The standard InChI is InChI=1S/C12H7F2NO2/c13-9-3-1-2-7(4-9)10-5-8(12(16)17)6-15-11(10)14/h1-6H,(H,16,17). The Bertz CT molecular complexity index is 584. The molecule has 1 aromatic carbocycles. The molecule has 1 aromatic heterocycles. The third-order valence-corrected chi connectivity index (χ3v) is 2.22. The minimum absolute atomic E-state index is 0.0376. The quantitative estimate of drug-likeness (QED) is 0.814. The van der Waals surface area contributed by atoms with Crippen LogP contribution in [0.1, 0.15) is 10.4 Å². The van der Waals surface area contributed by atoms with Crippen molar-refractivity contribution in [2.24, 2.45) is 0 Å². The zero-order valence-electron chi connectivity index (χ0n) is 8.52. The molecule has 0 aliphatic carbocycles. The zero-order valence-corrected chi connectivity index (χ0v) is 8.52. The summed E-state index contributed by atoms with van der Waals surface area (Å²) in [6.07, 6.45) is 0.917. The molecule has 2 rings (SSSR count). The Morgan fingerprint density at radius 2 is 2.00 bits per heavy atom. The van der Waals surface area contributed by atoms with E-state index in [4.69, 9.17) is 5.11 Å². The van der Waals surface area contributed by atoms with E-state index in [0.29, 0.717) is 0 Å². The summed E-state index contributed by atoms with van der Waals surface area (Å²) in [6, 6.07) is 6.35. The van der Waals surface area contributed by atoms with Crippen molar-refractivity contribution >= 4 is 5.97 Å². The van der Waals surface area contributed by atoms with Crippen LogP contribution in [0.2, 0.25) is 0 Å². The van der Waals surface area contributed by atoms with Gasteiger partial charge in [0, 0.05) is 11.8 Å². The molecule has 2 aromatic rings. The van der Waals surface area contributed by atoms with E-state index in [-0.39, 0.29) is 16.7 Å². The van der Waals surface area contributed by atoms with Crippen LogP contribution in [0.15, 0.2) is 36.5 Å². The highest BCUT2D eigenvalue weighted by Crippen LogP contribution is 2.23. The molecule has 86 valence electrons. The van der Waals surface area contributed by atoms with Crippen LogP contribution in [0, 0.1) is 11.8 Å². The summed E-state index contributed by atoms with van der Waals surface area (Å²) < 4.78 is 26.4. The van der Waals surface area contributed by atoms with Crippen molar-refractivity contribution < 1.29 is 18.7 Å². The molecule has 5 heteroatoms. The predicted octanol–water partition coefficient (Wildman–Crippen LogP) is 2.73. The molecule has 0 saturated carbocycles. The fraction of sp³-hybridized carbons (Fsp3) is 0. The molecule has 1 N–H and O–H groups in total. The molecule has 0 unspecified atom stereocenters. The van der Waals surface area contributed by atoms with Gasteiger partial charge in [0.15, 0.2) is 0 Å². The lowest BCUT2D eigenvalue weighted by molar-refractivity contribution is 0.0696. The highest BCUT2D eigenvalue weighted by molar-refractivity contribution is 5.88. The lowest BCUT2D eigenvalue weighted by Gasteiger charge is -2.04. The summed E-state index contributed by atoms with van der Waals surface area (Å²) >= 11 is 0. The molecule has 0 saturated heterocycles. The van der Waals surface area contributed by atoms with Gasteiger partial charge in [-0.25, -0.2) is 14.2 Å². The zero-order chi connectivity index (χ0) is 12.4. The van der Waals surface area contributed by atoms with Crippen molar-refractivity contribution in [3.8, 4) is 11.1 Å². The summed E-state index contributed by atoms with van der Waals surface area (Å²) in [5.41, 5.74) is 0.0631. The Kier molecular flexibility index (Phi) is 2.82. The number of aromatic carboxylic acids is 1. The van der Waals surface area contributed by atoms with Gasteiger partial charge in [0.1, 0.15) is 5.82 Å². The minimum Gasteiger partial charge on any atom is -0.478 e. The molecule has 3 nitrogen and oxygen atoms in total. The summed E-state index contributed by atoms with van der Waals surface area (Å²) in [5.74, 6) is -2.57. The lowest BCUT2D eigenvalue weighted by Crippen LogP contribution is -2.00. The van der Waals surface area contributed by atoms with Crippen LogP contribution in [0.5, 0.6) is 0 Å². The molecule has 0 radical (unpaired) electrons. The number of hydrogen-bond acceptors (Lipinski definition) is 2. The van der Waals surface area contributed by atoms with Crippen molar-refractivity contribution in [3.63, 3.8) is 0 Å². The van der Waals surface area contributed by atoms with Crippen molar-refractivity contribution in [2.75, 3.05) is 0 Å². The number of benzene rings is 1. The van der Waals surface area contributed by atoms with Gasteiger partial charge in [-0.15, -0.1) is 0 Å². The molecule has 0 aliphatic heterocycles. The van der Waals surface area contributed by atoms with E-state index in [9.17, 15) is 13.6 Å². The number of rotatable bonds is 2. The molecule has 1 heterocycles. The van der Waals surface area contributed by atoms with Gasteiger partial charge in [-0.2, -0.15) is 4.39 Å². The summed E-state index contributed by atoms with van der Waals surface area (Å²) in [5, 5.41) is 8.77. The first-order valence-electron chi connectivity index (χ1n) is 4.72. The van der Waals surface area contributed by atoms with Crippen molar-refractivity contribution in [1.29, 1.82) is 0 Å². The van der Waals surface area contributed by atoms with E-state index in [0.717, 1.165) is 18.3 Å². The number of pyridine rings is 1. The first kappa shape index (κ1) is 11.2. The second-order valence-electron chi connectivity index (χ2n) is 3.38. The van der Waals surface area contributed by atoms with Crippen molar-refractivity contribution in [2.45, 2.75) is 0 Å². The average Bonchev–Trinajstić information content (AvgIpc) is 2.29.